The second-order valence-corrected chi connectivity index (χ2v) is 5.32. The number of hydrogen-bond acceptors (Lipinski definition) is 2. The normalized spacial score (nSPS) is 14.4. The second-order valence-electron chi connectivity index (χ2n) is 5.32. The number of benzene rings is 1. The minimum Gasteiger partial charge on any atom is -0.496 e. The van der Waals surface area contributed by atoms with Crippen LogP contribution < -0.4 is 4.74 Å². The lowest BCUT2D eigenvalue weighted by Gasteiger charge is -2.40. The van der Waals surface area contributed by atoms with Gasteiger partial charge in [0.25, 0.3) is 0 Å². The van der Waals surface area contributed by atoms with Crippen molar-refractivity contribution in [3.8, 4) is 5.75 Å². The maximum atomic E-state index is 11.8. The third-order valence-corrected chi connectivity index (χ3v) is 3.59. The Kier molecular flexibility index (Phi) is 6.05. The number of rotatable bonds is 3. The number of hydrogen-bond donors (Lipinski definition) is 0. The molecule has 20 heavy (non-hydrogen) atoms. The molecule has 3 nitrogen and oxygen atoms in total. The molecule has 112 valence electrons. The smallest absolute Gasteiger partial charge is 0.225 e. The predicted molar refractivity (Wildman–Crippen MR) is 83.2 cm³/mol. The summed E-state index contributed by atoms with van der Waals surface area (Å²) >= 11 is 0. The third kappa shape index (κ3) is 3.53. The molecular weight excluding hydrogens is 250 g/mol. The lowest BCUT2D eigenvalue weighted by Crippen LogP contribution is -2.49. The van der Waals surface area contributed by atoms with Crippen LogP contribution in [0, 0.1) is 12.8 Å². The Morgan fingerprint density at radius 2 is 1.90 bits per heavy atom. The van der Waals surface area contributed by atoms with E-state index in [4.69, 9.17) is 4.74 Å². The summed E-state index contributed by atoms with van der Waals surface area (Å²) in [5.74, 6) is 1.74. The van der Waals surface area contributed by atoms with Crippen molar-refractivity contribution in [1.29, 1.82) is 0 Å². The summed E-state index contributed by atoms with van der Waals surface area (Å²) in [6.45, 7) is 11.6. The largest absolute Gasteiger partial charge is 0.496 e. The zero-order valence-corrected chi connectivity index (χ0v) is 13.6. The van der Waals surface area contributed by atoms with Crippen LogP contribution in [0.4, 0.5) is 0 Å². The highest BCUT2D eigenvalue weighted by atomic mass is 16.5. The van der Waals surface area contributed by atoms with Crippen molar-refractivity contribution in [1.82, 2.24) is 4.90 Å². The minimum atomic E-state index is 0.0958. The van der Waals surface area contributed by atoms with Gasteiger partial charge in [-0.3, -0.25) is 4.79 Å². The number of nitrogens with zero attached hydrogens (tertiary/aromatic N) is 1. The molecule has 0 radical (unpaired) electrons. The molecule has 2 rings (SSSR count). The van der Waals surface area contributed by atoms with Crippen LogP contribution in [0.2, 0.25) is 0 Å². The fourth-order valence-corrected chi connectivity index (χ4v) is 2.33. The van der Waals surface area contributed by atoms with Gasteiger partial charge in [0.05, 0.1) is 7.11 Å². The molecule has 1 aromatic carbocycles. The molecule has 1 aliphatic heterocycles. The standard InChI is InChI=1S/C15H21NO2.C2H6/c1-10(2)15(17)16-8-13(9-16)12-6-5-11(3)14(7-12)18-4;1-2/h5-7,10,13H,8-9H2,1-4H3;1-2H3. The van der Waals surface area contributed by atoms with Gasteiger partial charge in [-0.05, 0) is 24.1 Å². The lowest BCUT2D eigenvalue weighted by atomic mass is 9.89. The first-order valence-corrected chi connectivity index (χ1v) is 7.46. The van der Waals surface area contributed by atoms with Crippen molar-refractivity contribution < 1.29 is 9.53 Å². The van der Waals surface area contributed by atoms with Crippen molar-refractivity contribution in [2.24, 2.45) is 5.92 Å². The first-order chi connectivity index (χ1) is 9.52. The van der Waals surface area contributed by atoms with Gasteiger partial charge in [-0.25, -0.2) is 0 Å². The van der Waals surface area contributed by atoms with Crippen molar-refractivity contribution >= 4 is 5.91 Å². The minimum absolute atomic E-state index is 0.0958. The predicted octanol–water partition coefficient (Wildman–Crippen LogP) is 3.61. The van der Waals surface area contributed by atoms with Gasteiger partial charge >= 0.3 is 0 Å². The maximum absolute atomic E-state index is 11.8. The lowest BCUT2D eigenvalue weighted by molar-refractivity contribution is -0.138. The highest BCUT2D eigenvalue weighted by molar-refractivity contribution is 5.79. The van der Waals surface area contributed by atoms with Gasteiger partial charge in [-0.1, -0.05) is 39.8 Å². The highest BCUT2D eigenvalue weighted by Crippen LogP contribution is 2.31. The monoisotopic (exact) mass is 277 g/mol. The number of amides is 1. The molecule has 1 aromatic rings. The zero-order chi connectivity index (χ0) is 15.3. The average Bonchev–Trinajstić information content (AvgIpc) is 2.40. The Labute approximate surface area is 122 Å². The highest BCUT2D eigenvalue weighted by Gasteiger charge is 2.32. The summed E-state index contributed by atoms with van der Waals surface area (Å²) < 4.78 is 5.34. The van der Waals surface area contributed by atoms with Crippen molar-refractivity contribution in [3.05, 3.63) is 29.3 Å². The summed E-state index contributed by atoms with van der Waals surface area (Å²) in [6, 6.07) is 6.32. The number of carbonyl (C=O) groups is 1. The summed E-state index contributed by atoms with van der Waals surface area (Å²) in [5, 5.41) is 0. The summed E-state index contributed by atoms with van der Waals surface area (Å²) in [4.78, 5) is 13.7. The fraction of sp³-hybridized carbons (Fsp3) is 0.588. The van der Waals surface area contributed by atoms with Crippen LogP contribution in [0.3, 0.4) is 0 Å². The van der Waals surface area contributed by atoms with E-state index in [1.54, 1.807) is 7.11 Å². The third-order valence-electron chi connectivity index (χ3n) is 3.59. The molecule has 0 saturated carbocycles. The van der Waals surface area contributed by atoms with Crippen LogP contribution in [0.25, 0.3) is 0 Å². The van der Waals surface area contributed by atoms with E-state index < -0.39 is 0 Å². The van der Waals surface area contributed by atoms with E-state index in [-0.39, 0.29) is 11.8 Å². The first kappa shape index (κ1) is 16.5. The quantitative estimate of drug-likeness (QED) is 0.844. The van der Waals surface area contributed by atoms with Crippen LogP contribution in [0.5, 0.6) is 5.75 Å². The number of carbonyl (C=O) groups excluding carboxylic acids is 1. The molecule has 1 aliphatic rings. The van der Waals surface area contributed by atoms with Gasteiger partial charge in [0.1, 0.15) is 5.75 Å². The van der Waals surface area contributed by atoms with E-state index >= 15 is 0 Å². The summed E-state index contributed by atoms with van der Waals surface area (Å²) in [6.07, 6.45) is 0. The van der Waals surface area contributed by atoms with E-state index in [1.165, 1.54) is 5.56 Å². The molecule has 1 heterocycles. The molecule has 1 fully saturated rings. The van der Waals surface area contributed by atoms with Gasteiger partial charge in [-0.15, -0.1) is 0 Å². The number of ether oxygens (including phenoxy) is 1. The molecule has 0 aromatic heterocycles. The first-order valence-electron chi connectivity index (χ1n) is 7.46. The van der Waals surface area contributed by atoms with E-state index in [1.807, 2.05) is 39.5 Å². The molecule has 1 amide bonds. The molecule has 0 N–H and O–H groups in total. The Hall–Kier alpha value is -1.51. The maximum Gasteiger partial charge on any atom is 0.225 e. The molecule has 1 saturated heterocycles. The summed E-state index contributed by atoms with van der Waals surface area (Å²) in [7, 11) is 1.70. The number of aryl methyl sites for hydroxylation is 1. The molecular formula is C17H27NO2. The van der Waals surface area contributed by atoms with Crippen LogP contribution in [0.15, 0.2) is 18.2 Å². The number of likely N-dealkylation sites (tertiary alicyclic amines) is 1. The van der Waals surface area contributed by atoms with Gasteiger partial charge in [0, 0.05) is 24.9 Å². The average molecular weight is 277 g/mol. The number of methoxy groups -OCH3 is 1. The zero-order valence-electron chi connectivity index (χ0n) is 13.6. The molecule has 0 aliphatic carbocycles. The van der Waals surface area contributed by atoms with E-state index in [0.717, 1.165) is 24.4 Å². The van der Waals surface area contributed by atoms with Crippen molar-refractivity contribution in [3.63, 3.8) is 0 Å². The van der Waals surface area contributed by atoms with Gasteiger partial charge in [0.2, 0.25) is 5.91 Å². The van der Waals surface area contributed by atoms with Crippen LogP contribution in [0.1, 0.15) is 44.7 Å². The van der Waals surface area contributed by atoms with Gasteiger partial charge in [0.15, 0.2) is 0 Å². The molecule has 0 unspecified atom stereocenters. The van der Waals surface area contributed by atoms with E-state index in [9.17, 15) is 4.79 Å². The SMILES string of the molecule is CC.COc1cc(C2CN(C(=O)C(C)C)C2)ccc1C. The van der Waals surface area contributed by atoms with Crippen molar-refractivity contribution in [2.75, 3.05) is 20.2 Å². The van der Waals surface area contributed by atoms with E-state index in [2.05, 4.69) is 18.2 Å². The molecule has 0 atom stereocenters. The fourth-order valence-electron chi connectivity index (χ4n) is 2.33. The van der Waals surface area contributed by atoms with Gasteiger partial charge < -0.3 is 9.64 Å². The Morgan fingerprint density at radius 1 is 1.30 bits per heavy atom. The second kappa shape index (κ2) is 7.32. The Morgan fingerprint density at radius 3 is 2.40 bits per heavy atom. The topological polar surface area (TPSA) is 29.5 Å². The Bertz CT molecular complexity index is 448. The van der Waals surface area contributed by atoms with Crippen molar-refractivity contribution in [2.45, 2.75) is 40.5 Å². The molecule has 3 heteroatoms. The van der Waals surface area contributed by atoms with E-state index in [0.29, 0.717) is 5.92 Å². The Balaban J connectivity index is 0.000000956. The molecule has 0 spiro atoms. The van der Waals surface area contributed by atoms with Crippen LogP contribution in [-0.2, 0) is 4.79 Å². The van der Waals surface area contributed by atoms with Crippen LogP contribution in [-0.4, -0.2) is 31.0 Å². The molecule has 0 bridgehead atoms. The van der Waals surface area contributed by atoms with Gasteiger partial charge in [-0.2, -0.15) is 0 Å². The summed E-state index contributed by atoms with van der Waals surface area (Å²) in [5.41, 5.74) is 2.42. The van der Waals surface area contributed by atoms with Crippen LogP contribution >= 0.6 is 0 Å².